The van der Waals surface area contributed by atoms with E-state index in [1.54, 1.807) is 38.1 Å². The molecular formula is C20H24N2O6S2. The Balaban J connectivity index is 1.92. The zero-order valence-electron chi connectivity index (χ0n) is 17.2. The van der Waals surface area contributed by atoms with Crippen LogP contribution in [0.25, 0.3) is 0 Å². The summed E-state index contributed by atoms with van der Waals surface area (Å²) in [5.41, 5.74) is 1.20. The van der Waals surface area contributed by atoms with Crippen molar-refractivity contribution >= 4 is 37.3 Å². The average molecular weight is 453 g/mol. The van der Waals surface area contributed by atoms with Crippen LogP contribution in [0.3, 0.4) is 0 Å². The summed E-state index contributed by atoms with van der Waals surface area (Å²) in [5.74, 6) is -0.144. The van der Waals surface area contributed by atoms with Gasteiger partial charge in [-0.05, 0) is 75.2 Å². The van der Waals surface area contributed by atoms with Crippen LogP contribution in [0, 0.1) is 13.8 Å². The fraction of sp³-hybridized carbons (Fsp3) is 0.350. The van der Waals surface area contributed by atoms with Crippen LogP contribution in [-0.4, -0.2) is 34.6 Å². The highest BCUT2D eigenvalue weighted by Crippen LogP contribution is 2.32. The molecule has 1 heterocycles. The van der Waals surface area contributed by atoms with Gasteiger partial charge in [0.1, 0.15) is 5.75 Å². The van der Waals surface area contributed by atoms with E-state index in [1.165, 1.54) is 12.1 Å². The number of amides is 1. The molecule has 2 aromatic carbocycles. The van der Waals surface area contributed by atoms with Gasteiger partial charge in [-0.25, -0.2) is 21.1 Å². The summed E-state index contributed by atoms with van der Waals surface area (Å²) in [6, 6.07) is 9.35. The maximum atomic E-state index is 13.0. The Morgan fingerprint density at radius 3 is 2.10 bits per heavy atom. The number of hydrogen-bond donors (Lipinski definition) is 1. The molecule has 1 N–H and O–H groups in total. The molecule has 1 saturated heterocycles. The lowest BCUT2D eigenvalue weighted by Crippen LogP contribution is -2.29. The molecule has 1 fully saturated rings. The Hall–Kier alpha value is -2.59. The lowest BCUT2D eigenvalue weighted by Gasteiger charge is -2.19. The minimum absolute atomic E-state index is 0.00246. The second-order valence-electron chi connectivity index (χ2n) is 7.43. The number of anilines is 2. The molecule has 1 aliphatic heterocycles. The highest BCUT2D eigenvalue weighted by molar-refractivity contribution is 7.94. The largest absolute Gasteiger partial charge is 0.491 e. The Morgan fingerprint density at radius 2 is 1.63 bits per heavy atom. The highest BCUT2D eigenvalue weighted by Gasteiger charge is 2.37. The summed E-state index contributed by atoms with van der Waals surface area (Å²) >= 11 is 0. The number of rotatable bonds is 6. The molecule has 1 aliphatic rings. The molecule has 10 heteroatoms. The van der Waals surface area contributed by atoms with E-state index in [-0.39, 0.29) is 28.9 Å². The lowest BCUT2D eigenvalue weighted by atomic mass is 10.1. The van der Waals surface area contributed by atoms with Gasteiger partial charge in [0.05, 0.1) is 22.4 Å². The summed E-state index contributed by atoms with van der Waals surface area (Å²) in [4.78, 5) is 12.1. The molecule has 3 rings (SSSR count). The fourth-order valence-electron chi connectivity index (χ4n) is 3.42. The molecule has 0 radical (unpaired) electrons. The SMILES string of the molecule is Cc1cc(N2C(=O)CCS2(=O)=O)cc(C)c1S(=O)(=O)Nc1ccc(OC(C)C)cc1. The van der Waals surface area contributed by atoms with E-state index in [0.29, 0.717) is 22.6 Å². The summed E-state index contributed by atoms with van der Waals surface area (Å²) in [6.07, 6.45) is -0.0823. The van der Waals surface area contributed by atoms with Crippen molar-refractivity contribution in [1.82, 2.24) is 0 Å². The number of aryl methyl sites for hydroxylation is 2. The van der Waals surface area contributed by atoms with Crippen LogP contribution in [0.1, 0.15) is 31.4 Å². The van der Waals surface area contributed by atoms with Gasteiger partial charge < -0.3 is 4.74 Å². The first-order valence-corrected chi connectivity index (χ1v) is 12.5. The third kappa shape index (κ3) is 4.44. The molecule has 0 spiro atoms. The van der Waals surface area contributed by atoms with E-state index in [4.69, 9.17) is 4.74 Å². The average Bonchev–Trinajstić information content (AvgIpc) is 2.87. The first-order valence-electron chi connectivity index (χ1n) is 9.37. The molecule has 0 atom stereocenters. The molecule has 2 aromatic rings. The molecular weight excluding hydrogens is 428 g/mol. The number of nitrogens with zero attached hydrogens (tertiary/aromatic N) is 1. The van der Waals surface area contributed by atoms with Crippen molar-refractivity contribution in [2.75, 3.05) is 14.8 Å². The normalized spacial score (nSPS) is 16.2. The van der Waals surface area contributed by atoms with Crippen molar-refractivity contribution in [1.29, 1.82) is 0 Å². The van der Waals surface area contributed by atoms with Crippen molar-refractivity contribution in [3.05, 3.63) is 47.5 Å². The first kappa shape index (κ1) is 22.1. The van der Waals surface area contributed by atoms with Gasteiger partial charge >= 0.3 is 0 Å². The predicted molar refractivity (Wildman–Crippen MR) is 115 cm³/mol. The molecule has 162 valence electrons. The fourth-order valence-corrected chi connectivity index (χ4v) is 6.37. The minimum Gasteiger partial charge on any atom is -0.491 e. The van der Waals surface area contributed by atoms with E-state index in [1.807, 2.05) is 13.8 Å². The summed E-state index contributed by atoms with van der Waals surface area (Å²) in [6.45, 7) is 6.93. The second kappa shape index (κ2) is 7.92. The molecule has 30 heavy (non-hydrogen) atoms. The molecule has 1 amide bonds. The van der Waals surface area contributed by atoms with Crippen LogP contribution in [-0.2, 0) is 24.8 Å². The van der Waals surface area contributed by atoms with E-state index in [9.17, 15) is 21.6 Å². The lowest BCUT2D eigenvalue weighted by molar-refractivity contribution is -0.116. The number of carbonyl (C=O) groups excluding carboxylic acids is 1. The van der Waals surface area contributed by atoms with E-state index < -0.39 is 26.0 Å². The van der Waals surface area contributed by atoms with E-state index in [0.717, 1.165) is 4.31 Å². The van der Waals surface area contributed by atoms with Crippen molar-refractivity contribution < 1.29 is 26.4 Å². The van der Waals surface area contributed by atoms with Gasteiger partial charge in [0, 0.05) is 12.1 Å². The standard InChI is InChI=1S/C20H24N2O6S2/c1-13(2)28-18-7-5-16(6-8-18)21-30(26,27)20-14(3)11-17(12-15(20)4)22-19(23)9-10-29(22,24)25/h5-8,11-13,21H,9-10H2,1-4H3. The minimum atomic E-state index is -3.94. The quantitative estimate of drug-likeness (QED) is 0.722. The van der Waals surface area contributed by atoms with Gasteiger partial charge in [-0.15, -0.1) is 0 Å². The van der Waals surface area contributed by atoms with E-state index >= 15 is 0 Å². The smallest absolute Gasteiger partial charge is 0.262 e. The Kier molecular flexibility index (Phi) is 5.83. The molecule has 0 unspecified atom stereocenters. The molecule has 0 bridgehead atoms. The van der Waals surface area contributed by atoms with Crippen molar-refractivity contribution in [3.8, 4) is 5.75 Å². The predicted octanol–water partition coefficient (Wildman–Crippen LogP) is 2.96. The van der Waals surface area contributed by atoms with Crippen LogP contribution in [0.5, 0.6) is 5.75 Å². The molecule has 0 aliphatic carbocycles. The van der Waals surface area contributed by atoms with Gasteiger partial charge in [-0.3, -0.25) is 9.52 Å². The monoisotopic (exact) mass is 452 g/mol. The Bertz CT molecular complexity index is 1160. The number of hydrogen-bond acceptors (Lipinski definition) is 6. The number of nitrogens with one attached hydrogen (secondary N) is 1. The summed E-state index contributed by atoms with van der Waals surface area (Å²) < 4.78 is 59.2. The second-order valence-corrected chi connectivity index (χ2v) is 11.0. The molecule has 0 aromatic heterocycles. The number of benzene rings is 2. The number of ether oxygens (including phenoxy) is 1. The van der Waals surface area contributed by atoms with Gasteiger partial charge in [0.2, 0.25) is 15.9 Å². The van der Waals surface area contributed by atoms with Crippen molar-refractivity contribution in [2.24, 2.45) is 0 Å². The Morgan fingerprint density at radius 1 is 1.07 bits per heavy atom. The Labute approximate surface area is 177 Å². The van der Waals surface area contributed by atoms with Gasteiger partial charge in [0.15, 0.2) is 0 Å². The summed E-state index contributed by atoms with van der Waals surface area (Å²) in [7, 11) is -7.66. The number of sulfonamides is 2. The van der Waals surface area contributed by atoms with Crippen LogP contribution in [0.2, 0.25) is 0 Å². The maximum absolute atomic E-state index is 13.0. The van der Waals surface area contributed by atoms with E-state index in [2.05, 4.69) is 4.72 Å². The zero-order chi connectivity index (χ0) is 22.3. The van der Waals surface area contributed by atoms with Crippen LogP contribution in [0.4, 0.5) is 11.4 Å². The van der Waals surface area contributed by atoms with Crippen molar-refractivity contribution in [3.63, 3.8) is 0 Å². The van der Waals surface area contributed by atoms with Crippen LogP contribution in [0.15, 0.2) is 41.3 Å². The maximum Gasteiger partial charge on any atom is 0.262 e. The molecule has 0 saturated carbocycles. The molecule has 8 nitrogen and oxygen atoms in total. The van der Waals surface area contributed by atoms with Gasteiger partial charge in [0.25, 0.3) is 10.0 Å². The van der Waals surface area contributed by atoms with Crippen LogP contribution < -0.4 is 13.8 Å². The van der Waals surface area contributed by atoms with Gasteiger partial charge in [-0.1, -0.05) is 0 Å². The number of carbonyl (C=O) groups is 1. The third-order valence-corrected chi connectivity index (χ3v) is 7.88. The highest BCUT2D eigenvalue weighted by atomic mass is 32.2. The summed E-state index contributed by atoms with van der Waals surface area (Å²) in [5, 5.41) is 0. The topological polar surface area (TPSA) is 110 Å². The zero-order valence-corrected chi connectivity index (χ0v) is 18.8. The van der Waals surface area contributed by atoms with Gasteiger partial charge in [-0.2, -0.15) is 0 Å². The van der Waals surface area contributed by atoms with Crippen LogP contribution >= 0.6 is 0 Å². The first-order chi connectivity index (χ1) is 13.9. The third-order valence-electron chi connectivity index (χ3n) is 4.51. The van der Waals surface area contributed by atoms with Crippen molar-refractivity contribution in [2.45, 2.75) is 45.1 Å².